The van der Waals surface area contributed by atoms with Crippen molar-refractivity contribution < 1.29 is 8.42 Å². The van der Waals surface area contributed by atoms with Crippen molar-refractivity contribution in [3.05, 3.63) is 24.3 Å². The summed E-state index contributed by atoms with van der Waals surface area (Å²) < 4.78 is 26.6. The third-order valence-electron chi connectivity index (χ3n) is 3.38. The molecule has 1 N–H and O–H groups in total. The number of amidine groups is 1. The molecule has 1 aliphatic heterocycles. The summed E-state index contributed by atoms with van der Waals surface area (Å²) in [5.74, 6) is 0. The van der Waals surface area contributed by atoms with E-state index in [9.17, 15) is 8.42 Å². The van der Waals surface area contributed by atoms with E-state index < -0.39 is 10.0 Å². The molecule has 1 heterocycles. The lowest BCUT2D eigenvalue weighted by Gasteiger charge is -2.25. The van der Waals surface area contributed by atoms with Crippen LogP contribution in [0.4, 0.5) is 5.69 Å². The minimum absolute atomic E-state index is 0.285. The Bertz CT molecular complexity index is 672. The highest BCUT2D eigenvalue weighted by Crippen LogP contribution is 2.23. The number of thioether (sulfide) groups is 1. The van der Waals surface area contributed by atoms with Crippen molar-refractivity contribution in [2.45, 2.75) is 24.2 Å². The lowest BCUT2D eigenvalue weighted by Crippen LogP contribution is -2.35. The van der Waals surface area contributed by atoms with Gasteiger partial charge < -0.3 is 0 Å². The maximum Gasteiger partial charge on any atom is 0.243 e. The zero-order valence-corrected chi connectivity index (χ0v) is 14.0. The summed E-state index contributed by atoms with van der Waals surface area (Å²) in [6.07, 6.45) is 6.53. The minimum atomic E-state index is -3.41. The predicted molar refractivity (Wildman–Crippen MR) is 88.4 cm³/mol. The van der Waals surface area contributed by atoms with E-state index in [1.165, 1.54) is 11.8 Å². The first kappa shape index (κ1) is 16.8. The number of nitrogens with zero attached hydrogens (tertiary/aromatic N) is 3. The van der Waals surface area contributed by atoms with Crippen molar-refractivity contribution in [1.29, 1.82) is 5.26 Å². The number of benzene rings is 1. The van der Waals surface area contributed by atoms with Gasteiger partial charge in [0, 0.05) is 13.1 Å². The largest absolute Gasteiger partial charge is 0.271 e. The summed E-state index contributed by atoms with van der Waals surface area (Å²) >= 11 is 1.31. The second-order valence-electron chi connectivity index (χ2n) is 4.82. The minimum Gasteiger partial charge on any atom is -0.271 e. The summed E-state index contributed by atoms with van der Waals surface area (Å²) in [6.45, 7) is 1.18. The van der Waals surface area contributed by atoms with Gasteiger partial charge in [-0.05, 0) is 43.4 Å². The fraction of sp³-hybridized carbons (Fsp3) is 0.429. The Morgan fingerprint density at radius 2 is 1.91 bits per heavy atom. The maximum atomic E-state index is 12.5. The molecule has 0 amide bonds. The highest BCUT2D eigenvalue weighted by atomic mass is 32.2. The summed E-state index contributed by atoms with van der Waals surface area (Å²) in [5, 5.41) is 11.5. The molecule has 1 aromatic carbocycles. The van der Waals surface area contributed by atoms with E-state index in [2.05, 4.69) is 10.3 Å². The number of nitrogens with one attached hydrogen (secondary N) is 1. The van der Waals surface area contributed by atoms with Gasteiger partial charge in [0.2, 0.25) is 10.0 Å². The topological polar surface area (TPSA) is 85.6 Å². The molecule has 2 rings (SSSR count). The molecule has 1 fully saturated rings. The molecule has 118 valence electrons. The van der Waals surface area contributed by atoms with Crippen molar-refractivity contribution >= 4 is 32.6 Å². The Kier molecular flexibility index (Phi) is 5.83. The fourth-order valence-electron chi connectivity index (χ4n) is 2.24. The van der Waals surface area contributed by atoms with Crippen LogP contribution in [0.3, 0.4) is 0 Å². The van der Waals surface area contributed by atoms with Gasteiger partial charge in [0.15, 0.2) is 11.4 Å². The molecular weight excluding hydrogens is 320 g/mol. The lowest BCUT2D eigenvalue weighted by atomic mass is 10.2. The van der Waals surface area contributed by atoms with Crippen LogP contribution >= 0.6 is 11.8 Å². The molecule has 0 spiro atoms. The molecule has 0 unspecified atom stereocenters. The molecule has 1 saturated heterocycles. The van der Waals surface area contributed by atoms with E-state index in [0.717, 1.165) is 19.3 Å². The molecule has 6 nitrogen and oxygen atoms in total. The third kappa shape index (κ3) is 4.00. The number of hydrogen-bond acceptors (Lipinski definition) is 5. The Balaban J connectivity index is 2.19. The first-order chi connectivity index (χ1) is 10.6. The van der Waals surface area contributed by atoms with Crippen LogP contribution in [0.5, 0.6) is 0 Å². The highest BCUT2D eigenvalue weighted by Gasteiger charge is 2.25. The molecule has 0 saturated carbocycles. The Morgan fingerprint density at radius 3 is 2.45 bits per heavy atom. The molecule has 0 aromatic heterocycles. The van der Waals surface area contributed by atoms with Crippen molar-refractivity contribution in [2.24, 2.45) is 4.99 Å². The smallest absolute Gasteiger partial charge is 0.243 e. The second kappa shape index (κ2) is 7.63. The van der Waals surface area contributed by atoms with Crippen LogP contribution in [0, 0.1) is 11.5 Å². The van der Waals surface area contributed by atoms with Crippen molar-refractivity contribution in [3.8, 4) is 6.19 Å². The lowest BCUT2D eigenvalue weighted by molar-refractivity contribution is 0.346. The normalized spacial score (nSPS) is 17.0. The number of hydrogen-bond donors (Lipinski definition) is 1. The van der Waals surface area contributed by atoms with Crippen molar-refractivity contribution in [3.63, 3.8) is 0 Å². The Hall–Kier alpha value is -1.56. The second-order valence-corrected chi connectivity index (χ2v) is 7.55. The first-order valence-electron chi connectivity index (χ1n) is 6.96. The van der Waals surface area contributed by atoms with Gasteiger partial charge >= 0.3 is 0 Å². The van der Waals surface area contributed by atoms with Gasteiger partial charge in [-0.2, -0.15) is 9.57 Å². The predicted octanol–water partition coefficient (Wildman–Crippen LogP) is 2.28. The summed E-state index contributed by atoms with van der Waals surface area (Å²) in [5.41, 5.74) is 0.602. The van der Waals surface area contributed by atoms with Crippen molar-refractivity contribution in [1.82, 2.24) is 9.62 Å². The number of nitriles is 1. The molecule has 1 aromatic rings. The van der Waals surface area contributed by atoms with Crippen molar-refractivity contribution in [2.75, 3.05) is 19.3 Å². The fourth-order valence-corrected chi connectivity index (χ4v) is 4.10. The molecule has 1 aliphatic rings. The van der Waals surface area contributed by atoms with Crippen LogP contribution in [-0.2, 0) is 10.0 Å². The molecule has 22 heavy (non-hydrogen) atoms. The standard InChI is InChI=1S/C14H18N4O2S2/c1-21-14(16-11-15)17-12-5-7-13(8-6-12)22(19,20)18-9-3-2-4-10-18/h5-8H,2-4,9-10H2,1H3,(H,16,17). The van der Waals surface area contributed by atoms with Crippen LogP contribution in [0.2, 0.25) is 0 Å². The molecular formula is C14H18N4O2S2. The molecule has 8 heteroatoms. The van der Waals surface area contributed by atoms with Gasteiger partial charge in [0.05, 0.1) is 10.6 Å². The van der Waals surface area contributed by atoms with Gasteiger partial charge in [-0.25, -0.2) is 13.4 Å². The van der Waals surface area contributed by atoms with Crippen LogP contribution in [0.15, 0.2) is 34.2 Å². The van der Waals surface area contributed by atoms with E-state index in [1.54, 1.807) is 34.8 Å². The zero-order valence-electron chi connectivity index (χ0n) is 12.3. The number of aliphatic imine (C=N–C) groups is 1. The van der Waals surface area contributed by atoms with E-state index in [0.29, 0.717) is 23.9 Å². The van der Waals surface area contributed by atoms with Crippen LogP contribution in [0.25, 0.3) is 0 Å². The third-order valence-corrected chi connectivity index (χ3v) is 5.87. The quantitative estimate of drug-likeness (QED) is 0.395. The van der Waals surface area contributed by atoms with E-state index in [1.807, 2.05) is 6.19 Å². The number of sulfonamides is 1. The monoisotopic (exact) mass is 338 g/mol. The molecule has 0 radical (unpaired) electrons. The SMILES string of the molecule is CSC(=Nc1ccc(S(=O)(=O)N2CCCCC2)cc1)NC#N. The van der Waals surface area contributed by atoms with Crippen LogP contribution < -0.4 is 5.32 Å². The summed E-state index contributed by atoms with van der Waals surface area (Å²) in [7, 11) is -3.41. The Labute approximate surface area is 135 Å². The van der Waals surface area contributed by atoms with Gasteiger partial charge in [-0.15, -0.1) is 0 Å². The average Bonchev–Trinajstić information content (AvgIpc) is 2.55. The van der Waals surface area contributed by atoms with Gasteiger partial charge in [0.1, 0.15) is 0 Å². The van der Waals surface area contributed by atoms with Crippen LogP contribution in [0.1, 0.15) is 19.3 Å². The van der Waals surface area contributed by atoms with E-state index >= 15 is 0 Å². The van der Waals surface area contributed by atoms with E-state index in [-0.39, 0.29) is 4.90 Å². The Morgan fingerprint density at radius 1 is 1.27 bits per heavy atom. The molecule has 0 bridgehead atoms. The highest BCUT2D eigenvalue weighted by molar-refractivity contribution is 8.13. The first-order valence-corrected chi connectivity index (χ1v) is 9.62. The van der Waals surface area contributed by atoms with E-state index in [4.69, 9.17) is 5.26 Å². The molecule has 0 aliphatic carbocycles. The average molecular weight is 338 g/mol. The van der Waals surface area contributed by atoms with Gasteiger partial charge in [-0.1, -0.05) is 18.2 Å². The van der Waals surface area contributed by atoms with Gasteiger partial charge in [0.25, 0.3) is 0 Å². The summed E-state index contributed by atoms with van der Waals surface area (Å²) in [6, 6.07) is 6.42. The zero-order chi connectivity index (χ0) is 16.0. The number of piperidine rings is 1. The maximum absolute atomic E-state index is 12.5. The molecule has 0 atom stereocenters. The summed E-state index contributed by atoms with van der Waals surface area (Å²) in [4.78, 5) is 4.52. The number of rotatable bonds is 3. The van der Waals surface area contributed by atoms with Crippen LogP contribution in [-0.4, -0.2) is 37.2 Å². The van der Waals surface area contributed by atoms with Gasteiger partial charge in [-0.3, -0.25) is 5.32 Å².